The molecule has 1 aliphatic carbocycles. The standard InChI is InChI=1S/C36H42ClF2N7O2/c1-5-32(47)46-19-18-45(22-27(46)20-40-3)34-28-14-17-44(31-11-7-9-25-8-6-10-29(37)33(25)31)23-30(28)41-35(42-34)48-24(2)21-43(4)26-12-15-36(38,39)16-13-26/h5-11,24,26-27H,1,12-23H2,2,4H3/t24-,27-/m0/s1. The number of halogens is 3. The number of hydrogen-bond acceptors (Lipinski definition) is 7. The average Bonchev–Trinajstić information content (AvgIpc) is 3.07. The fourth-order valence-electron chi connectivity index (χ4n) is 7.40. The molecule has 6 rings (SSSR count). The molecule has 2 fully saturated rings. The van der Waals surface area contributed by atoms with Crippen LogP contribution in [0.4, 0.5) is 20.3 Å². The second kappa shape index (κ2) is 14.2. The number of anilines is 2. The Morgan fingerprint density at radius 1 is 1.19 bits per heavy atom. The van der Waals surface area contributed by atoms with Crippen LogP contribution in [-0.4, -0.2) is 96.1 Å². The normalized spacial score (nSPS) is 20.4. The molecule has 3 aliphatic rings. The Hall–Kier alpha value is -4.01. The maximum absolute atomic E-state index is 13.8. The lowest BCUT2D eigenvalue weighted by Crippen LogP contribution is -2.56. The molecule has 1 saturated carbocycles. The number of piperazine rings is 1. The van der Waals surface area contributed by atoms with Gasteiger partial charge in [0.2, 0.25) is 18.4 Å². The first-order valence-corrected chi connectivity index (χ1v) is 17.0. The smallest absolute Gasteiger partial charge is 0.318 e. The minimum Gasteiger partial charge on any atom is -0.459 e. The highest BCUT2D eigenvalue weighted by Gasteiger charge is 2.37. The van der Waals surface area contributed by atoms with E-state index in [1.165, 1.54) is 6.08 Å². The maximum atomic E-state index is 13.8. The van der Waals surface area contributed by atoms with Crippen molar-refractivity contribution < 1.29 is 18.3 Å². The van der Waals surface area contributed by atoms with Gasteiger partial charge in [0.25, 0.3) is 0 Å². The van der Waals surface area contributed by atoms with Crippen molar-refractivity contribution in [3.05, 3.63) is 76.8 Å². The number of carbonyl (C=O) groups is 1. The summed E-state index contributed by atoms with van der Waals surface area (Å²) in [5.74, 6) is -1.99. The molecular formula is C36H42ClF2N7O2. The van der Waals surface area contributed by atoms with Gasteiger partial charge in [-0.05, 0) is 56.8 Å². The van der Waals surface area contributed by atoms with E-state index in [0.29, 0.717) is 57.0 Å². The summed E-state index contributed by atoms with van der Waals surface area (Å²) < 4.78 is 34.0. The summed E-state index contributed by atoms with van der Waals surface area (Å²) >= 11 is 6.71. The number of rotatable bonds is 9. The first-order chi connectivity index (χ1) is 23.1. The minimum absolute atomic E-state index is 0.0747. The number of ether oxygens (including phenoxy) is 1. The Kier molecular flexibility index (Phi) is 10.0. The fraction of sp³-hybridized carbons (Fsp3) is 0.500. The monoisotopic (exact) mass is 677 g/mol. The third-order valence-electron chi connectivity index (χ3n) is 9.90. The number of hydrogen-bond donors (Lipinski definition) is 0. The molecule has 1 aromatic heterocycles. The van der Waals surface area contributed by atoms with Gasteiger partial charge in [-0.25, -0.2) is 15.4 Å². The number of carbonyl (C=O) groups excluding carboxylic acids is 1. The lowest BCUT2D eigenvalue weighted by atomic mass is 9.91. The molecule has 0 unspecified atom stereocenters. The van der Waals surface area contributed by atoms with Gasteiger partial charge >= 0.3 is 6.01 Å². The van der Waals surface area contributed by atoms with Crippen molar-refractivity contribution in [1.82, 2.24) is 19.8 Å². The van der Waals surface area contributed by atoms with E-state index in [-0.39, 0.29) is 49.5 Å². The zero-order valence-corrected chi connectivity index (χ0v) is 28.3. The number of alkyl halides is 2. The molecule has 1 amide bonds. The van der Waals surface area contributed by atoms with E-state index < -0.39 is 5.92 Å². The van der Waals surface area contributed by atoms with Gasteiger partial charge in [-0.3, -0.25) is 9.69 Å². The first kappa shape index (κ1) is 33.9. The van der Waals surface area contributed by atoms with Gasteiger partial charge in [0.15, 0.2) is 0 Å². The topological polar surface area (TPSA) is 69.4 Å². The molecule has 0 spiro atoms. The van der Waals surface area contributed by atoms with Crippen molar-refractivity contribution >= 4 is 39.8 Å². The van der Waals surface area contributed by atoms with Crippen molar-refractivity contribution in [2.45, 2.75) is 69.7 Å². The predicted molar refractivity (Wildman–Crippen MR) is 185 cm³/mol. The van der Waals surface area contributed by atoms with Crippen molar-refractivity contribution in [2.75, 3.05) is 56.1 Å². The van der Waals surface area contributed by atoms with E-state index in [9.17, 15) is 13.6 Å². The number of likely N-dealkylation sites (N-methyl/N-ethyl adjacent to an activating group) is 1. The number of aromatic nitrogens is 2. The van der Waals surface area contributed by atoms with Crippen LogP contribution in [0.25, 0.3) is 15.6 Å². The van der Waals surface area contributed by atoms with Crippen molar-refractivity contribution in [2.24, 2.45) is 0 Å². The Bertz CT molecular complexity index is 1700. The summed E-state index contributed by atoms with van der Waals surface area (Å²) in [5, 5.41) is 2.76. The molecular weight excluding hydrogens is 636 g/mol. The number of benzene rings is 2. The SMILES string of the molecule is [C-]#[N+]C[C@H]1CN(c2nc(O[C@@H](C)CN(C)C3CCC(F)(F)CC3)nc3c2CCN(c2cccc4cccc(Cl)c24)C3)CCN1C(=O)C=C. The summed E-state index contributed by atoms with van der Waals surface area (Å²) in [4.78, 5) is 34.4. The van der Waals surface area contributed by atoms with Crippen molar-refractivity contribution in [3.8, 4) is 6.01 Å². The molecule has 0 bridgehead atoms. The minimum atomic E-state index is -2.57. The summed E-state index contributed by atoms with van der Waals surface area (Å²) in [6.07, 6.45) is 2.43. The average molecular weight is 678 g/mol. The van der Waals surface area contributed by atoms with Gasteiger partial charge in [0, 0.05) is 68.2 Å². The van der Waals surface area contributed by atoms with Gasteiger partial charge in [0.05, 0.1) is 17.3 Å². The Balaban J connectivity index is 1.29. The number of fused-ring (bicyclic) bond motifs is 2. The Morgan fingerprint density at radius 3 is 2.67 bits per heavy atom. The van der Waals surface area contributed by atoms with Crippen LogP contribution in [0.1, 0.15) is 43.9 Å². The van der Waals surface area contributed by atoms with Gasteiger partial charge in [0.1, 0.15) is 18.0 Å². The summed E-state index contributed by atoms with van der Waals surface area (Å²) in [7, 11) is 1.96. The molecule has 2 aliphatic heterocycles. The molecule has 0 N–H and O–H groups in total. The molecule has 2 atom stereocenters. The fourth-order valence-corrected chi connectivity index (χ4v) is 7.68. The highest BCUT2D eigenvalue weighted by atomic mass is 35.5. The predicted octanol–water partition coefficient (Wildman–Crippen LogP) is 6.25. The molecule has 3 heterocycles. The molecule has 3 aromatic rings. The van der Waals surface area contributed by atoms with Crippen LogP contribution < -0.4 is 14.5 Å². The van der Waals surface area contributed by atoms with Crippen molar-refractivity contribution in [3.63, 3.8) is 0 Å². The molecule has 1 saturated heterocycles. The summed E-state index contributed by atoms with van der Waals surface area (Å²) in [6, 6.07) is 12.1. The molecule has 0 radical (unpaired) electrons. The van der Waals surface area contributed by atoms with E-state index in [1.807, 2.05) is 32.2 Å². The first-order valence-electron chi connectivity index (χ1n) is 16.6. The molecule has 48 heavy (non-hydrogen) atoms. The largest absolute Gasteiger partial charge is 0.459 e. The van der Waals surface area contributed by atoms with Gasteiger partial charge < -0.3 is 24.3 Å². The Morgan fingerprint density at radius 2 is 1.94 bits per heavy atom. The van der Waals surface area contributed by atoms with Crippen molar-refractivity contribution in [1.29, 1.82) is 0 Å². The van der Waals surface area contributed by atoms with Crippen LogP contribution in [0.2, 0.25) is 5.02 Å². The van der Waals surface area contributed by atoms with E-state index in [0.717, 1.165) is 40.1 Å². The third-order valence-corrected chi connectivity index (χ3v) is 10.2. The second-order valence-corrected chi connectivity index (χ2v) is 13.6. The quantitative estimate of drug-likeness (QED) is 0.196. The molecule has 9 nitrogen and oxygen atoms in total. The van der Waals surface area contributed by atoms with E-state index in [4.69, 9.17) is 32.9 Å². The van der Waals surface area contributed by atoms with Crippen LogP contribution in [0.3, 0.4) is 0 Å². The van der Waals surface area contributed by atoms with Crippen LogP contribution in [0.15, 0.2) is 49.1 Å². The van der Waals surface area contributed by atoms with Gasteiger partial charge in [-0.15, -0.1) is 0 Å². The second-order valence-electron chi connectivity index (χ2n) is 13.2. The number of nitrogens with zero attached hydrogens (tertiary/aromatic N) is 7. The highest BCUT2D eigenvalue weighted by Crippen LogP contribution is 2.38. The van der Waals surface area contributed by atoms with Crippen LogP contribution in [0.5, 0.6) is 6.01 Å². The molecule has 2 aromatic carbocycles. The van der Waals surface area contributed by atoms with E-state index in [2.05, 4.69) is 44.3 Å². The third kappa shape index (κ3) is 7.20. The zero-order valence-electron chi connectivity index (χ0n) is 27.5. The van der Waals surface area contributed by atoms with E-state index in [1.54, 1.807) is 4.90 Å². The van der Waals surface area contributed by atoms with Crippen LogP contribution in [0, 0.1) is 6.57 Å². The lowest BCUT2D eigenvalue weighted by molar-refractivity contribution is -0.128. The summed E-state index contributed by atoms with van der Waals surface area (Å²) in [5.41, 5.74) is 2.92. The lowest BCUT2D eigenvalue weighted by Gasteiger charge is -2.41. The van der Waals surface area contributed by atoms with Gasteiger partial charge in [-0.2, -0.15) is 9.97 Å². The van der Waals surface area contributed by atoms with E-state index >= 15 is 0 Å². The van der Waals surface area contributed by atoms with Crippen LogP contribution in [-0.2, 0) is 17.8 Å². The molecule has 12 heteroatoms. The highest BCUT2D eigenvalue weighted by molar-refractivity contribution is 6.36. The van der Waals surface area contributed by atoms with Gasteiger partial charge in [-0.1, -0.05) is 42.4 Å². The number of amides is 1. The van der Waals surface area contributed by atoms with Crippen LogP contribution >= 0.6 is 11.6 Å². The summed E-state index contributed by atoms with van der Waals surface area (Å²) in [6.45, 7) is 16.6. The maximum Gasteiger partial charge on any atom is 0.318 e. The molecule has 254 valence electrons. The Labute approximate surface area is 285 Å². The zero-order chi connectivity index (χ0) is 34.0.